The van der Waals surface area contributed by atoms with Gasteiger partial charge >= 0.3 is 5.97 Å². The van der Waals surface area contributed by atoms with Gasteiger partial charge in [-0.15, -0.1) is 0 Å². The Kier molecular flexibility index (Phi) is 3.14. The van der Waals surface area contributed by atoms with Crippen LogP contribution in [0.4, 0.5) is 0 Å². The topological polar surface area (TPSA) is 82.2 Å². The Morgan fingerprint density at radius 2 is 2.06 bits per heavy atom. The van der Waals surface area contributed by atoms with Gasteiger partial charge in [0.25, 0.3) is 0 Å². The van der Waals surface area contributed by atoms with Gasteiger partial charge < -0.3 is 15.4 Å². The molecule has 1 amide bonds. The monoisotopic (exact) mass is 244 g/mol. The first-order valence-corrected chi connectivity index (χ1v) is 5.36. The van der Waals surface area contributed by atoms with Crippen molar-refractivity contribution in [3.05, 3.63) is 41.7 Å². The van der Waals surface area contributed by atoms with E-state index < -0.39 is 11.9 Å². The average molecular weight is 244 g/mol. The first-order chi connectivity index (χ1) is 8.56. The molecule has 0 spiro atoms. The van der Waals surface area contributed by atoms with Crippen molar-refractivity contribution in [1.29, 1.82) is 0 Å². The number of carbonyl (C=O) groups excluding carboxylic acids is 1. The minimum absolute atomic E-state index is 0.158. The molecule has 0 saturated heterocycles. The first-order valence-electron chi connectivity index (χ1n) is 5.36. The highest BCUT2D eigenvalue weighted by atomic mass is 16.4. The molecular weight excluding hydrogens is 232 g/mol. The lowest BCUT2D eigenvalue weighted by atomic mass is 10.2. The van der Waals surface area contributed by atoms with Gasteiger partial charge in [-0.05, 0) is 23.6 Å². The molecule has 0 fully saturated rings. The van der Waals surface area contributed by atoms with Crippen LogP contribution in [0.25, 0.3) is 17.0 Å². The normalized spacial score (nSPS) is 11.5. The molecular formula is C13H12N2O3. The minimum atomic E-state index is -1.18. The number of fused-ring (bicyclic) bond motifs is 1. The molecule has 0 radical (unpaired) electrons. The Labute approximate surface area is 103 Å². The fourth-order valence-corrected chi connectivity index (χ4v) is 1.67. The maximum absolute atomic E-state index is 11.0. The lowest BCUT2D eigenvalue weighted by Crippen LogP contribution is -2.24. The maximum atomic E-state index is 11.0. The summed E-state index contributed by atoms with van der Waals surface area (Å²) in [4.78, 5) is 24.9. The molecule has 1 aromatic carbocycles. The number of rotatable bonds is 3. The molecule has 18 heavy (non-hydrogen) atoms. The van der Waals surface area contributed by atoms with Crippen molar-refractivity contribution in [3.8, 4) is 0 Å². The van der Waals surface area contributed by atoms with Gasteiger partial charge in [0.15, 0.2) is 0 Å². The number of carbonyl (C=O) groups is 2. The predicted octanol–water partition coefficient (Wildman–Crippen LogP) is 1.73. The van der Waals surface area contributed by atoms with Crippen LogP contribution in [0.3, 0.4) is 0 Å². The van der Waals surface area contributed by atoms with Gasteiger partial charge in [-0.1, -0.05) is 18.2 Å². The van der Waals surface area contributed by atoms with Crippen molar-refractivity contribution in [3.63, 3.8) is 0 Å². The van der Waals surface area contributed by atoms with Crippen LogP contribution in [0.2, 0.25) is 0 Å². The summed E-state index contributed by atoms with van der Waals surface area (Å²) in [5, 5.41) is 12.2. The van der Waals surface area contributed by atoms with Crippen LogP contribution in [0.15, 0.2) is 36.0 Å². The van der Waals surface area contributed by atoms with Crippen LogP contribution in [-0.4, -0.2) is 22.0 Å². The third-order valence-electron chi connectivity index (χ3n) is 2.39. The first kappa shape index (κ1) is 11.9. The Bertz CT molecular complexity index is 607. The lowest BCUT2D eigenvalue weighted by Gasteiger charge is -2.01. The SMILES string of the molecule is CC(=O)N/C(=C/c1cc2ccccc2[nH]1)C(=O)O. The number of hydrogen-bond donors (Lipinski definition) is 3. The molecule has 5 nitrogen and oxygen atoms in total. The Morgan fingerprint density at radius 3 is 2.67 bits per heavy atom. The molecule has 0 aliphatic heterocycles. The number of benzene rings is 1. The summed E-state index contributed by atoms with van der Waals surface area (Å²) in [6.07, 6.45) is 1.39. The molecule has 0 saturated carbocycles. The lowest BCUT2D eigenvalue weighted by molar-refractivity contribution is -0.134. The zero-order valence-corrected chi connectivity index (χ0v) is 9.73. The third kappa shape index (κ3) is 2.57. The molecule has 1 heterocycles. The second kappa shape index (κ2) is 4.75. The van der Waals surface area contributed by atoms with Crippen molar-refractivity contribution in [2.75, 3.05) is 0 Å². The van der Waals surface area contributed by atoms with Crippen LogP contribution in [0.5, 0.6) is 0 Å². The van der Waals surface area contributed by atoms with E-state index in [1.165, 1.54) is 13.0 Å². The minimum Gasteiger partial charge on any atom is -0.477 e. The number of hydrogen-bond acceptors (Lipinski definition) is 2. The quantitative estimate of drug-likeness (QED) is 0.719. The van der Waals surface area contributed by atoms with Crippen molar-refractivity contribution in [1.82, 2.24) is 10.3 Å². The average Bonchev–Trinajstić information content (AvgIpc) is 2.69. The van der Waals surface area contributed by atoms with Crippen LogP contribution < -0.4 is 5.32 Å². The third-order valence-corrected chi connectivity index (χ3v) is 2.39. The molecule has 5 heteroatoms. The summed E-state index contributed by atoms with van der Waals surface area (Å²) < 4.78 is 0. The van der Waals surface area contributed by atoms with Crippen LogP contribution in [0, 0.1) is 0 Å². The number of para-hydroxylation sites is 1. The number of H-pyrrole nitrogens is 1. The van der Waals surface area contributed by atoms with Crippen LogP contribution in [-0.2, 0) is 9.59 Å². The molecule has 0 aliphatic rings. The molecule has 2 aromatic rings. The second-order valence-corrected chi connectivity index (χ2v) is 3.86. The molecule has 1 aromatic heterocycles. The van der Waals surface area contributed by atoms with E-state index in [4.69, 9.17) is 5.11 Å². The molecule has 92 valence electrons. The number of aliphatic carboxylic acids is 1. The smallest absolute Gasteiger partial charge is 0.352 e. The van der Waals surface area contributed by atoms with Crippen LogP contribution >= 0.6 is 0 Å². The van der Waals surface area contributed by atoms with Gasteiger partial charge in [-0.3, -0.25) is 4.79 Å². The van der Waals surface area contributed by atoms with Crippen molar-refractivity contribution in [2.45, 2.75) is 6.92 Å². The van der Waals surface area contributed by atoms with Crippen LogP contribution in [0.1, 0.15) is 12.6 Å². The zero-order valence-electron chi connectivity index (χ0n) is 9.73. The van der Waals surface area contributed by atoms with Gasteiger partial charge in [0.05, 0.1) is 0 Å². The predicted molar refractivity (Wildman–Crippen MR) is 67.7 cm³/mol. The number of nitrogens with one attached hydrogen (secondary N) is 2. The Morgan fingerprint density at radius 1 is 1.33 bits per heavy atom. The summed E-state index contributed by atoms with van der Waals surface area (Å²) >= 11 is 0. The Balaban J connectivity index is 2.39. The van der Waals surface area contributed by atoms with E-state index in [-0.39, 0.29) is 5.70 Å². The van der Waals surface area contributed by atoms with Crippen molar-refractivity contribution >= 4 is 28.9 Å². The fourth-order valence-electron chi connectivity index (χ4n) is 1.67. The number of carboxylic acids is 1. The highest BCUT2D eigenvalue weighted by Crippen LogP contribution is 2.16. The van der Waals surface area contributed by atoms with E-state index >= 15 is 0 Å². The standard InChI is InChI=1S/C13H12N2O3/c1-8(16)14-12(13(17)18)7-10-6-9-4-2-3-5-11(9)15-10/h2-7,15H,1H3,(H,14,16)(H,17,18)/b12-7+. The number of carboxylic acid groups (broad SMARTS) is 1. The fraction of sp³-hybridized carbons (Fsp3) is 0.0769. The van der Waals surface area contributed by atoms with Gasteiger partial charge in [0.1, 0.15) is 5.70 Å². The van der Waals surface area contributed by atoms with E-state index in [1.807, 2.05) is 30.3 Å². The largest absolute Gasteiger partial charge is 0.477 e. The summed E-state index contributed by atoms with van der Waals surface area (Å²) in [5.74, 6) is -1.59. The van der Waals surface area contributed by atoms with Gasteiger partial charge in [0.2, 0.25) is 5.91 Å². The second-order valence-electron chi connectivity index (χ2n) is 3.86. The molecule has 0 aliphatic carbocycles. The van der Waals surface area contributed by atoms with E-state index in [0.29, 0.717) is 5.69 Å². The highest BCUT2D eigenvalue weighted by Gasteiger charge is 2.09. The highest BCUT2D eigenvalue weighted by molar-refractivity contribution is 5.97. The van der Waals surface area contributed by atoms with Crippen molar-refractivity contribution in [2.24, 2.45) is 0 Å². The van der Waals surface area contributed by atoms with E-state index in [0.717, 1.165) is 10.9 Å². The van der Waals surface area contributed by atoms with E-state index in [2.05, 4.69) is 10.3 Å². The molecule has 0 atom stereocenters. The van der Waals surface area contributed by atoms with Gasteiger partial charge in [-0.25, -0.2) is 4.79 Å². The summed E-state index contributed by atoms with van der Waals surface area (Å²) in [5.41, 5.74) is 1.38. The maximum Gasteiger partial charge on any atom is 0.352 e. The summed E-state index contributed by atoms with van der Waals surface area (Å²) in [7, 11) is 0. The van der Waals surface area contributed by atoms with Crippen molar-refractivity contribution < 1.29 is 14.7 Å². The summed E-state index contributed by atoms with van der Waals surface area (Å²) in [6, 6.07) is 9.42. The number of aromatic amines is 1. The molecule has 3 N–H and O–H groups in total. The summed E-state index contributed by atoms with van der Waals surface area (Å²) in [6.45, 7) is 1.27. The zero-order chi connectivity index (χ0) is 13.1. The molecule has 0 bridgehead atoms. The van der Waals surface area contributed by atoms with E-state index in [9.17, 15) is 9.59 Å². The van der Waals surface area contributed by atoms with Gasteiger partial charge in [0, 0.05) is 18.1 Å². The van der Waals surface area contributed by atoms with E-state index in [1.54, 1.807) is 0 Å². The molecule has 0 unspecified atom stereocenters. The van der Waals surface area contributed by atoms with Gasteiger partial charge in [-0.2, -0.15) is 0 Å². The molecule has 2 rings (SSSR count). The number of amides is 1. The Hall–Kier alpha value is -2.56. The number of aromatic nitrogens is 1.